The lowest BCUT2D eigenvalue weighted by Gasteiger charge is -2.14. The highest BCUT2D eigenvalue weighted by Gasteiger charge is 2.51. The molecule has 3 rings (SSSR count). The number of urea groups is 1. The van der Waals surface area contributed by atoms with Gasteiger partial charge >= 0.3 is 17.8 Å². The molecule has 7 nitrogen and oxygen atoms in total. The molecular formula is C14H12BrN3O4. The Morgan fingerprint density at radius 2 is 1.95 bits per heavy atom. The number of carbonyl (C=O) groups excluding carboxylic acids is 4. The van der Waals surface area contributed by atoms with Crippen LogP contribution in [-0.4, -0.2) is 46.1 Å². The zero-order valence-corrected chi connectivity index (χ0v) is 13.0. The quantitative estimate of drug-likeness (QED) is 0.644. The number of hydrogen-bond donors (Lipinski definition) is 1. The van der Waals surface area contributed by atoms with Gasteiger partial charge in [-0.25, -0.2) is 9.69 Å². The van der Waals surface area contributed by atoms with Crippen LogP contribution in [0.5, 0.6) is 0 Å². The summed E-state index contributed by atoms with van der Waals surface area (Å²) < 4.78 is 0.786. The van der Waals surface area contributed by atoms with Crippen molar-refractivity contribution in [3.63, 3.8) is 0 Å². The van der Waals surface area contributed by atoms with E-state index >= 15 is 0 Å². The summed E-state index contributed by atoms with van der Waals surface area (Å²) in [6, 6.07) is 6.01. The topological polar surface area (TPSA) is 86.8 Å². The minimum absolute atomic E-state index is 0.193. The standard InChI is InChI=1S/C14H12BrN3O4/c15-8-2-1-3-9(6-8)16-11(19)7-17-12(20)13(21)18(14(17)22)10-4-5-10/h1-3,6,10H,4-5,7H2,(H,16,19). The number of nitrogens with one attached hydrogen (secondary N) is 1. The van der Waals surface area contributed by atoms with Crippen LogP contribution >= 0.6 is 15.9 Å². The third-order valence-corrected chi connectivity index (χ3v) is 3.90. The maximum absolute atomic E-state index is 12.1. The third kappa shape index (κ3) is 2.74. The Bertz CT molecular complexity index is 686. The second kappa shape index (κ2) is 5.53. The van der Waals surface area contributed by atoms with Crippen molar-refractivity contribution >= 4 is 45.4 Å². The molecule has 2 fully saturated rings. The van der Waals surface area contributed by atoms with E-state index in [-0.39, 0.29) is 6.04 Å². The zero-order valence-electron chi connectivity index (χ0n) is 11.4. The molecule has 22 heavy (non-hydrogen) atoms. The molecule has 0 unspecified atom stereocenters. The van der Waals surface area contributed by atoms with Crippen molar-refractivity contribution in [2.75, 3.05) is 11.9 Å². The first-order valence-electron chi connectivity index (χ1n) is 6.72. The molecule has 2 aliphatic rings. The minimum Gasteiger partial charge on any atom is -0.324 e. The van der Waals surface area contributed by atoms with Crippen LogP contribution in [0.15, 0.2) is 28.7 Å². The molecule has 1 saturated heterocycles. The third-order valence-electron chi connectivity index (χ3n) is 3.41. The fourth-order valence-electron chi connectivity index (χ4n) is 2.23. The van der Waals surface area contributed by atoms with E-state index in [0.717, 1.165) is 9.37 Å². The highest BCUT2D eigenvalue weighted by molar-refractivity contribution is 9.10. The molecule has 1 aromatic rings. The smallest absolute Gasteiger partial charge is 0.324 e. The number of rotatable bonds is 4. The number of amides is 5. The molecule has 1 aromatic carbocycles. The first-order valence-corrected chi connectivity index (χ1v) is 7.51. The average Bonchev–Trinajstić information content (AvgIpc) is 3.25. The maximum Gasteiger partial charge on any atom is 0.334 e. The van der Waals surface area contributed by atoms with Crippen molar-refractivity contribution in [2.24, 2.45) is 0 Å². The van der Waals surface area contributed by atoms with Crippen molar-refractivity contribution in [3.05, 3.63) is 28.7 Å². The molecule has 0 aromatic heterocycles. The Balaban J connectivity index is 1.67. The van der Waals surface area contributed by atoms with Crippen molar-refractivity contribution in [1.29, 1.82) is 0 Å². The van der Waals surface area contributed by atoms with E-state index in [2.05, 4.69) is 21.2 Å². The van der Waals surface area contributed by atoms with E-state index in [1.807, 2.05) is 0 Å². The molecule has 1 saturated carbocycles. The average molecular weight is 366 g/mol. The molecule has 0 bridgehead atoms. The van der Waals surface area contributed by atoms with Gasteiger partial charge in [-0.1, -0.05) is 22.0 Å². The lowest BCUT2D eigenvalue weighted by Crippen LogP contribution is -2.39. The van der Waals surface area contributed by atoms with Gasteiger partial charge in [-0.15, -0.1) is 0 Å². The summed E-state index contributed by atoms with van der Waals surface area (Å²) in [6.07, 6.45) is 1.42. The van der Waals surface area contributed by atoms with Gasteiger partial charge in [0.25, 0.3) is 0 Å². The fraction of sp³-hybridized carbons (Fsp3) is 0.286. The monoisotopic (exact) mass is 365 g/mol. The highest BCUT2D eigenvalue weighted by atomic mass is 79.9. The molecule has 1 N–H and O–H groups in total. The maximum atomic E-state index is 12.1. The fourth-order valence-corrected chi connectivity index (χ4v) is 2.63. The molecule has 114 valence electrons. The SMILES string of the molecule is O=C(CN1C(=O)C(=O)N(C2CC2)C1=O)Nc1cccc(Br)c1. The van der Waals surface area contributed by atoms with Gasteiger partial charge in [0.15, 0.2) is 0 Å². The van der Waals surface area contributed by atoms with Crippen LogP contribution in [0.1, 0.15) is 12.8 Å². The Kier molecular flexibility index (Phi) is 3.69. The number of carbonyl (C=O) groups is 4. The molecule has 1 heterocycles. The number of hydrogen-bond acceptors (Lipinski definition) is 4. The number of imide groups is 2. The van der Waals surface area contributed by atoms with E-state index in [1.54, 1.807) is 24.3 Å². The summed E-state index contributed by atoms with van der Waals surface area (Å²) in [5.74, 6) is -2.32. The number of nitrogens with zero attached hydrogens (tertiary/aromatic N) is 2. The summed E-state index contributed by atoms with van der Waals surface area (Å²) in [5.41, 5.74) is 0.531. The van der Waals surface area contributed by atoms with Crippen LogP contribution in [0, 0.1) is 0 Å². The normalized spacial score (nSPS) is 18.1. The van der Waals surface area contributed by atoms with Crippen LogP contribution in [0.25, 0.3) is 0 Å². The van der Waals surface area contributed by atoms with Crippen LogP contribution in [0.3, 0.4) is 0 Å². The van der Waals surface area contributed by atoms with Crippen LogP contribution in [0.4, 0.5) is 10.5 Å². The first kappa shape index (κ1) is 14.7. The van der Waals surface area contributed by atoms with Crippen molar-refractivity contribution in [2.45, 2.75) is 18.9 Å². The van der Waals surface area contributed by atoms with Crippen molar-refractivity contribution < 1.29 is 19.2 Å². The minimum atomic E-state index is -0.943. The summed E-state index contributed by atoms with van der Waals surface area (Å²) in [5, 5.41) is 2.58. The van der Waals surface area contributed by atoms with Crippen LogP contribution in [0.2, 0.25) is 0 Å². The van der Waals surface area contributed by atoms with Gasteiger partial charge in [-0.3, -0.25) is 19.3 Å². The van der Waals surface area contributed by atoms with Crippen LogP contribution in [-0.2, 0) is 14.4 Å². The van der Waals surface area contributed by atoms with E-state index in [1.165, 1.54) is 0 Å². The highest BCUT2D eigenvalue weighted by Crippen LogP contribution is 2.30. The Morgan fingerprint density at radius 1 is 1.23 bits per heavy atom. The first-order chi connectivity index (χ1) is 10.5. The zero-order chi connectivity index (χ0) is 15.9. The lowest BCUT2D eigenvalue weighted by molar-refractivity contribution is -0.143. The Hall–Kier alpha value is -2.22. The molecule has 1 aliphatic heterocycles. The molecular weight excluding hydrogens is 354 g/mol. The predicted octanol–water partition coefficient (Wildman–Crippen LogP) is 1.34. The number of benzene rings is 1. The van der Waals surface area contributed by atoms with E-state index in [9.17, 15) is 19.2 Å². The van der Waals surface area contributed by atoms with Crippen molar-refractivity contribution in [3.8, 4) is 0 Å². The molecule has 0 radical (unpaired) electrons. The molecule has 5 amide bonds. The second-order valence-electron chi connectivity index (χ2n) is 5.14. The summed E-state index contributed by atoms with van der Waals surface area (Å²) in [6.45, 7) is -0.473. The van der Waals surface area contributed by atoms with E-state index in [0.29, 0.717) is 23.4 Å². The van der Waals surface area contributed by atoms with Gasteiger partial charge in [0.2, 0.25) is 5.91 Å². The predicted molar refractivity (Wildman–Crippen MR) is 79.7 cm³/mol. The lowest BCUT2D eigenvalue weighted by atomic mass is 10.3. The summed E-state index contributed by atoms with van der Waals surface area (Å²) in [7, 11) is 0. The summed E-state index contributed by atoms with van der Waals surface area (Å²) in [4.78, 5) is 49.3. The van der Waals surface area contributed by atoms with E-state index < -0.39 is 30.3 Å². The second-order valence-corrected chi connectivity index (χ2v) is 6.05. The van der Waals surface area contributed by atoms with Gasteiger partial charge in [0.05, 0.1) is 0 Å². The largest absolute Gasteiger partial charge is 0.334 e. The molecule has 8 heteroatoms. The van der Waals surface area contributed by atoms with Gasteiger partial charge in [0.1, 0.15) is 6.54 Å². The number of halogens is 1. The Labute approximate surface area is 134 Å². The van der Waals surface area contributed by atoms with E-state index in [4.69, 9.17) is 0 Å². The van der Waals surface area contributed by atoms with Gasteiger partial charge in [-0.2, -0.15) is 0 Å². The van der Waals surface area contributed by atoms with Gasteiger partial charge in [0, 0.05) is 16.2 Å². The summed E-state index contributed by atoms with van der Waals surface area (Å²) >= 11 is 3.28. The number of anilines is 1. The Morgan fingerprint density at radius 3 is 2.59 bits per heavy atom. The van der Waals surface area contributed by atoms with Crippen LogP contribution < -0.4 is 5.32 Å². The van der Waals surface area contributed by atoms with Gasteiger partial charge < -0.3 is 5.32 Å². The molecule has 0 atom stereocenters. The van der Waals surface area contributed by atoms with Gasteiger partial charge in [-0.05, 0) is 31.0 Å². The molecule has 1 aliphatic carbocycles. The van der Waals surface area contributed by atoms with Crippen molar-refractivity contribution in [1.82, 2.24) is 9.80 Å². The molecule has 0 spiro atoms.